The second-order valence-electron chi connectivity index (χ2n) is 4.06. The largest absolute Gasteiger partial charge is 0.373 e. The predicted octanol–water partition coefficient (Wildman–Crippen LogP) is 0.152. The molecule has 0 fully saturated rings. The Labute approximate surface area is 117 Å². The first kappa shape index (κ1) is 14.4. The second kappa shape index (κ2) is 6.44. The van der Waals surface area contributed by atoms with Gasteiger partial charge < -0.3 is 5.32 Å². The molecule has 20 heavy (non-hydrogen) atoms. The number of nitrogens with one attached hydrogen (secondary N) is 3. The number of aromatic nitrogens is 4. The molecule has 3 N–H and O–H groups in total. The second-order valence-corrected chi connectivity index (χ2v) is 5.83. The monoisotopic (exact) mass is 296 g/mol. The van der Waals surface area contributed by atoms with Crippen molar-refractivity contribution in [2.75, 3.05) is 18.9 Å². The average Bonchev–Trinajstić information content (AvgIpc) is 2.97. The summed E-state index contributed by atoms with van der Waals surface area (Å²) < 4.78 is 26.7. The number of nitrogens with zero attached hydrogens (tertiary/aromatic N) is 3. The molecule has 2 aromatic heterocycles. The molecule has 0 aliphatic rings. The first-order valence-electron chi connectivity index (χ1n) is 6.09. The summed E-state index contributed by atoms with van der Waals surface area (Å²) in [6.07, 6.45) is 4.16. The Morgan fingerprint density at radius 1 is 1.35 bits per heavy atom. The number of hydrogen-bond acceptors (Lipinski definition) is 6. The lowest BCUT2D eigenvalue weighted by molar-refractivity contribution is 0.578. The topological polar surface area (TPSA) is 113 Å². The van der Waals surface area contributed by atoms with E-state index in [2.05, 4.69) is 30.2 Å². The highest BCUT2D eigenvalue weighted by atomic mass is 32.2. The summed E-state index contributed by atoms with van der Waals surface area (Å²) in [5, 5.41) is 9.26. The zero-order chi connectivity index (χ0) is 14.4. The van der Waals surface area contributed by atoms with Gasteiger partial charge in [-0.2, -0.15) is 5.10 Å². The molecule has 0 atom stereocenters. The minimum atomic E-state index is -3.51. The zero-order valence-corrected chi connectivity index (χ0v) is 11.8. The summed E-state index contributed by atoms with van der Waals surface area (Å²) in [6.45, 7) is 0.334. The third-order valence-electron chi connectivity index (χ3n) is 2.65. The summed E-state index contributed by atoms with van der Waals surface area (Å²) in [4.78, 5) is 8.14. The fourth-order valence-electron chi connectivity index (χ4n) is 1.61. The Morgan fingerprint density at radius 2 is 2.20 bits per heavy atom. The minimum absolute atomic E-state index is 0.191. The molecule has 8 nitrogen and oxygen atoms in total. The van der Waals surface area contributed by atoms with Crippen molar-refractivity contribution in [1.29, 1.82) is 0 Å². The van der Waals surface area contributed by atoms with E-state index < -0.39 is 10.0 Å². The fraction of sp³-hybridized carbons (Fsp3) is 0.364. The summed E-state index contributed by atoms with van der Waals surface area (Å²) in [5.41, 5.74) is 0. The van der Waals surface area contributed by atoms with Crippen molar-refractivity contribution in [3.63, 3.8) is 0 Å². The number of anilines is 1. The highest BCUT2D eigenvalue weighted by Gasteiger charge is 2.13. The van der Waals surface area contributed by atoms with Crippen LogP contribution in [-0.4, -0.2) is 42.2 Å². The maximum atomic E-state index is 12.1. The van der Waals surface area contributed by atoms with Crippen LogP contribution in [0.1, 0.15) is 12.2 Å². The molecule has 0 saturated carbocycles. The smallest absolute Gasteiger partial charge is 0.240 e. The van der Waals surface area contributed by atoms with Crippen molar-refractivity contribution in [2.45, 2.75) is 17.7 Å². The normalized spacial score (nSPS) is 11.4. The molecule has 0 aliphatic heterocycles. The Hall–Kier alpha value is -2.00. The average molecular weight is 296 g/mol. The molecule has 0 unspecified atom stereocenters. The lowest BCUT2D eigenvalue weighted by Gasteiger charge is -2.07. The Balaban J connectivity index is 1.90. The van der Waals surface area contributed by atoms with Crippen LogP contribution in [0.4, 0.5) is 5.82 Å². The van der Waals surface area contributed by atoms with Gasteiger partial charge in [-0.3, -0.25) is 5.10 Å². The van der Waals surface area contributed by atoms with E-state index in [-0.39, 0.29) is 4.90 Å². The van der Waals surface area contributed by atoms with Gasteiger partial charge in [-0.25, -0.2) is 23.1 Å². The summed E-state index contributed by atoms with van der Waals surface area (Å²) >= 11 is 0. The molecule has 0 aliphatic carbocycles. The van der Waals surface area contributed by atoms with E-state index in [0.717, 1.165) is 5.82 Å². The van der Waals surface area contributed by atoms with Crippen LogP contribution >= 0.6 is 0 Å². The van der Waals surface area contributed by atoms with Gasteiger partial charge >= 0.3 is 0 Å². The van der Waals surface area contributed by atoms with Gasteiger partial charge in [0, 0.05) is 32.3 Å². The Kier molecular flexibility index (Phi) is 4.64. The fourth-order valence-corrected chi connectivity index (χ4v) is 2.70. The number of aromatic amines is 1. The van der Waals surface area contributed by atoms with Crippen molar-refractivity contribution in [3.05, 3.63) is 30.5 Å². The lowest BCUT2D eigenvalue weighted by Crippen LogP contribution is -2.25. The van der Waals surface area contributed by atoms with E-state index >= 15 is 0 Å². The molecule has 0 radical (unpaired) electrons. The maximum Gasteiger partial charge on any atom is 0.240 e. The zero-order valence-electron chi connectivity index (χ0n) is 11.0. The van der Waals surface area contributed by atoms with Gasteiger partial charge in [0.15, 0.2) is 0 Å². The van der Waals surface area contributed by atoms with Crippen molar-refractivity contribution < 1.29 is 8.42 Å². The van der Waals surface area contributed by atoms with E-state index in [1.54, 1.807) is 7.05 Å². The van der Waals surface area contributed by atoms with Crippen LogP contribution in [0.15, 0.2) is 29.6 Å². The van der Waals surface area contributed by atoms with Crippen LogP contribution in [0.3, 0.4) is 0 Å². The SMILES string of the molecule is CNc1cc(S(=O)(=O)NCCCc2ncn[nH]2)ccn1. The molecular weight excluding hydrogens is 280 g/mol. The third kappa shape index (κ3) is 3.75. The molecule has 0 bridgehead atoms. The molecule has 0 spiro atoms. The number of sulfonamides is 1. The van der Waals surface area contributed by atoms with Crippen LogP contribution < -0.4 is 10.0 Å². The number of hydrogen-bond donors (Lipinski definition) is 3. The van der Waals surface area contributed by atoms with E-state index in [0.29, 0.717) is 25.2 Å². The standard InChI is InChI=1S/C11H16N6O2S/c1-12-11-7-9(4-6-13-11)20(18,19)16-5-2-3-10-14-8-15-17-10/h4,6-8,16H,2-3,5H2,1H3,(H,12,13)(H,14,15,17). The molecule has 2 heterocycles. The van der Waals surface area contributed by atoms with Crippen LogP contribution in [0.5, 0.6) is 0 Å². The highest BCUT2D eigenvalue weighted by Crippen LogP contribution is 2.11. The molecule has 9 heteroatoms. The molecular formula is C11H16N6O2S. The first-order chi connectivity index (χ1) is 9.62. The van der Waals surface area contributed by atoms with Gasteiger partial charge in [0.05, 0.1) is 4.90 Å². The number of H-pyrrole nitrogens is 1. The van der Waals surface area contributed by atoms with E-state index in [4.69, 9.17) is 0 Å². The van der Waals surface area contributed by atoms with Gasteiger partial charge in [-0.15, -0.1) is 0 Å². The number of rotatable bonds is 7. The van der Waals surface area contributed by atoms with Crippen molar-refractivity contribution in [2.24, 2.45) is 0 Å². The molecule has 0 saturated heterocycles. The van der Waals surface area contributed by atoms with Crippen LogP contribution in [0.2, 0.25) is 0 Å². The minimum Gasteiger partial charge on any atom is -0.373 e. The van der Waals surface area contributed by atoms with Crippen LogP contribution in [-0.2, 0) is 16.4 Å². The summed E-state index contributed by atoms with van der Waals surface area (Å²) in [6, 6.07) is 2.94. The van der Waals surface area contributed by atoms with Crippen molar-refractivity contribution >= 4 is 15.8 Å². The van der Waals surface area contributed by atoms with E-state index in [1.807, 2.05) is 0 Å². The van der Waals surface area contributed by atoms with E-state index in [1.165, 1.54) is 24.7 Å². The quantitative estimate of drug-likeness (QED) is 0.627. The summed E-state index contributed by atoms with van der Waals surface area (Å²) in [7, 11) is -1.83. The first-order valence-corrected chi connectivity index (χ1v) is 7.58. The predicted molar refractivity (Wildman–Crippen MR) is 73.7 cm³/mol. The van der Waals surface area contributed by atoms with Crippen molar-refractivity contribution in [3.8, 4) is 0 Å². The van der Waals surface area contributed by atoms with Crippen LogP contribution in [0.25, 0.3) is 0 Å². The van der Waals surface area contributed by atoms with Crippen molar-refractivity contribution in [1.82, 2.24) is 24.9 Å². The molecule has 2 rings (SSSR count). The lowest BCUT2D eigenvalue weighted by atomic mass is 10.3. The van der Waals surface area contributed by atoms with Gasteiger partial charge in [-0.1, -0.05) is 0 Å². The molecule has 108 valence electrons. The van der Waals surface area contributed by atoms with Gasteiger partial charge in [0.25, 0.3) is 0 Å². The number of pyridine rings is 1. The number of aryl methyl sites for hydroxylation is 1. The van der Waals surface area contributed by atoms with E-state index in [9.17, 15) is 8.42 Å². The van der Waals surface area contributed by atoms with Gasteiger partial charge in [0.1, 0.15) is 18.0 Å². The Morgan fingerprint density at radius 3 is 2.90 bits per heavy atom. The Bertz CT molecular complexity index is 641. The highest BCUT2D eigenvalue weighted by molar-refractivity contribution is 7.89. The molecule has 0 aromatic carbocycles. The molecule has 0 amide bonds. The molecule has 2 aromatic rings. The third-order valence-corrected chi connectivity index (χ3v) is 4.10. The van der Waals surface area contributed by atoms with Crippen LogP contribution in [0, 0.1) is 0 Å². The maximum absolute atomic E-state index is 12.1. The summed E-state index contributed by atoms with van der Waals surface area (Å²) in [5.74, 6) is 1.25. The van der Waals surface area contributed by atoms with Gasteiger partial charge in [-0.05, 0) is 12.5 Å². The van der Waals surface area contributed by atoms with Gasteiger partial charge in [0.2, 0.25) is 10.0 Å².